The van der Waals surface area contributed by atoms with Crippen molar-refractivity contribution in [3.05, 3.63) is 52.4 Å². The Balaban J connectivity index is 1.62. The number of aliphatic hydroxyl groups excluding tert-OH is 1. The lowest BCUT2D eigenvalue weighted by Crippen LogP contribution is -2.43. The number of carbonyl (C=O) groups excluding carboxylic acids is 1. The molecule has 202 valence electrons. The van der Waals surface area contributed by atoms with Gasteiger partial charge in [-0.3, -0.25) is 14.3 Å². The number of rotatable bonds is 8. The molecule has 1 saturated carbocycles. The summed E-state index contributed by atoms with van der Waals surface area (Å²) in [5.74, 6) is -3.80. The zero-order valence-electron chi connectivity index (χ0n) is 20.8. The number of benzene rings is 1. The van der Waals surface area contributed by atoms with Crippen molar-refractivity contribution in [1.29, 1.82) is 0 Å². The largest absolute Gasteiger partial charge is 0.395 e. The fourth-order valence-electron chi connectivity index (χ4n) is 4.66. The van der Waals surface area contributed by atoms with Gasteiger partial charge in [0.05, 0.1) is 37.4 Å². The van der Waals surface area contributed by atoms with E-state index in [0.29, 0.717) is 18.8 Å². The maximum absolute atomic E-state index is 13.4. The molecule has 0 radical (unpaired) electrons. The molecular formula is C24H32F2N4O5SSi. The van der Waals surface area contributed by atoms with Crippen molar-refractivity contribution in [3.63, 3.8) is 0 Å². The van der Waals surface area contributed by atoms with Crippen LogP contribution in [0.5, 0.6) is 0 Å². The van der Waals surface area contributed by atoms with Crippen LogP contribution in [0.1, 0.15) is 29.2 Å². The van der Waals surface area contributed by atoms with Crippen molar-refractivity contribution in [3.8, 4) is 0 Å². The number of hydrogen-bond acceptors (Lipinski definition) is 6. The molecule has 13 heteroatoms. The van der Waals surface area contributed by atoms with Gasteiger partial charge in [0, 0.05) is 38.2 Å². The standard InChI is InChI=1S/C24H32F2N4O5SSi/c1-37(2)12-8-29(9-13-37)21-14-17(28-36(34,35)11-10-31)5-6-19(21)22(32)27-20-4-3-7-30(23(20)33)18-15-24(25,26)16-18/h3-7,14,18,28,31H,8-13,15-16H2,1-2H3,(H,27,32). The number of aliphatic hydroxyl groups is 1. The van der Waals surface area contributed by atoms with Gasteiger partial charge in [-0.25, -0.2) is 17.2 Å². The summed E-state index contributed by atoms with van der Waals surface area (Å²) in [4.78, 5) is 28.3. The minimum Gasteiger partial charge on any atom is -0.395 e. The molecule has 1 saturated heterocycles. The number of nitrogens with one attached hydrogen (secondary N) is 2. The summed E-state index contributed by atoms with van der Waals surface area (Å²) < 4.78 is 54.7. The maximum atomic E-state index is 13.4. The SMILES string of the molecule is C[Si]1(C)CCN(c2cc(NS(=O)(=O)CCO)ccc2C(=O)Nc2cccn(C3CC(F)(F)C3)c2=O)CC1. The van der Waals surface area contributed by atoms with E-state index in [-0.39, 0.29) is 16.9 Å². The molecule has 2 fully saturated rings. The van der Waals surface area contributed by atoms with Crippen LogP contribution in [0.15, 0.2) is 41.3 Å². The van der Waals surface area contributed by atoms with Crippen LogP contribution in [-0.2, 0) is 10.0 Å². The summed E-state index contributed by atoms with van der Waals surface area (Å²) in [6, 6.07) is 8.88. The van der Waals surface area contributed by atoms with E-state index in [4.69, 9.17) is 5.11 Å². The molecule has 0 atom stereocenters. The second-order valence-corrected chi connectivity index (χ2v) is 17.7. The molecule has 0 bridgehead atoms. The van der Waals surface area contributed by atoms with E-state index in [9.17, 15) is 26.8 Å². The third-order valence-electron chi connectivity index (χ3n) is 7.02. The predicted molar refractivity (Wildman–Crippen MR) is 142 cm³/mol. The minimum absolute atomic E-state index is 0.0198. The van der Waals surface area contributed by atoms with E-state index in [0.717, 1.165) is 12.1 Å². The third kappa shape index (κ3) is 6.39. The quantitative estimate of drug-likeness (QED) is 0.431. The van der Waals surface area contributed by atoms with Crippen LogP contribution in [-0.4, -0.2) is 63.4 Å². The Morgan fingerprint density at radius 1 is 1.19 bits per heavy atom. The van der Waals surface area contributed by atoms with Crippen LogP contribution >= 0.6 is 0 Å². The van der Waals surface area contributed by atoms with Crippen LogP contribution in [0.2, 0.25) is 25.2 Å². The summed E-state index contributed by atoms with van der Waals surface area (Å²) in [5, 5.41) is 11.6. The van der Waals surface area contributed by atoms with Crippen LogP contribution in [0.25, 0.3) is 0 Å². The number of amides is 1. The molecule has 2 aliphatic rings. The molecule has 1 aliphatic heterocycles. The number of anilines is 3. The van der Waals surface area contributed by atoms with Gasteiger partial charge in [0.25, 0.3) is 17.4 Å². The Bertz CT molecular complexity index is 1330. The van der Waals surface area contributed by atoms with Gasteiger partial charge in [-0.15, -0.1) is 0 Å². The molecule has 9 nitrogen and oxygen atoms in total. The Morgan fingerprint density at radius 3 is 2.49 bits per heavy atom. The van der Waals surface area contributed by atoms with Crippen LogP contribution in [0, 0.1) is 0 Å². The van der Waals surface area contributed by atoms with E-state index in [1.165, 1.54) is 35.0 Å². The van der Waals surface area contributed by atoms with Gasteiger partial charge in [0.2, 0.25) is 10.0 Å². The lowest BCUT2D eigenvalue weighted by atomic mass is 9.88. The maximum Gasteiger partial charge on any atom is 0.274 e. The summed E-state index contributed by atoms with van der Waals surface area (Å²) in [6.45, 7) is 5.49. The zero-order valence-corrected chi connectivity index (χ0v) is 22.7. The summed E-state index contributed by atoms with van der Waals surface area (Å²) in [5.41, 5.74) is 0.471. The fourth-order valence-corrected chi connectivity index (χ4v) is 7.49. The third-order valence-corrected chi connectivity index (χ3v) is 11.4. The average molecular weight is 555 g/mol. The Labute approximate surface area is 215 Å². The molecule has 1 aromatic carbocycles. The normalized spacial score (nSPS) is 19.2. The van der Waals surface area contributed by atoms with Crippen molar-refractivity contribution < 1.29 is 27.1 Å². The van der Waals surface area contributed by atoms with E-state index in [1.807, 2.05) is 4.90 Å². The molecule has 2 aromatic rings. The Hall–Kier alpha value is -2.77. The van der Waals surface area contributed by atoms with Gasteiger partial charge in [0.15, 0.2) is 0 Å². The van der Waals surface area contributed by atoms with Gasteiger partial charge >= 0.3 is 0 Å². The van der Waals surface area contributed by atoms with Crippen molar-refractivity contribution in [2.45, 2.75) is 50.0 Å². The zero-order chi connectivity index (χ0) is 27.0. The molecule has 37 heavy (non-hydrogen) atoms. The number of aromatic nitrogens is 1. The van der Waals surface area contributed by atoms with Crippen molar-refractivity contribution in [2.24, 2.45) is 0 Å². The second kappa shape index (κ2) is 10.2. The summed E-state index contributed by atoms with van der Waals surface area (Å²) >= 11 is 0. The number of hydrogen-bond donors (Lipinski definition) is 3. The van der Waals surface area contributed by atoms with E-state index in [1.54, 1.807) is 6.07 Å². The van der Waals surface area contributed by atoms with E-state index < -0.39 is 66.7 Å². The smallest absolute Gasteiger partial charge is 0.274 e. The highest BCUT2D eigenvalue weighted by atomic mass is 32.2. The van der Waals surface area contributed by atoms with Crippen LogP contribution in [0.4, 0.5) is 25.8 Å². The Morgan fingerprint density at radius 2 is 1.86 bits per heavy atom. The minimum atomic E-state index is -3.77. The highest BCUT2D eigenvalue weighted by Crippen LogP contribution is 2.44. The number of nitrogens with zero attached hydrogens (tertiary/aromatic N) is 2. The van der Waals surface area contributed by atoms with E-state index >= 15 is 0 Å². The molecule has 0 spiro atoms. The van der Waals surface area contributed by atoms with Gasteiger partial charge in [-0.05, 0) is 42.4 Å². The lowest BCUT2D eigenvalue weighted by molar-refractivity contribution is -0.104. The van der Waals surface area contributed by atoms with Crippen molar-refractivity contribution in [1.82, 2.24) is 4.57 Å². The number of pyridine rings is 1. The highest BCUT2D eigenvalue weighted by Gasteiger charge is 2.46. The first kappa shape index (κ1) is 27.3. The first-order chi connectivity index (χ1) is 17.3. The molecule has 1 amide bonds. The number of sulfonamides is 1. The van der Waals surface area contributed by atoms with E-state index in [2.05, 4.69) is 23.1 Å². The summed E-state index contributed by atoms with van der Waals surface area (Å²) in [6.07, 6.45) is 0.601. The predicted octanol–water partition coefficient (Wildman–Crippen LogP) is 3.33. The average Bonchev–Trinajstić information content (AvgIpc) is 2.78. The molecule has 3 N–H and O–H groups in total. The number of carbonyl (C=O) groups is 1. The van der Waals surface area contributed by atoms with Crippen molar-refractivity contribution in [2.75, 3.05) is 40.4 Å². The highest BCUT2D eigenvalue weighted by molar-refractivity contribution is 7.92. The first-order valence-corrected chi connectivity index (χ1v) is 17.3. The topological polar surface area (TPSA) is 121 Å². The van der Waals surface area contributed by atoms with Crippen LogP contribution < -0.4 is 20.5 Å². The first-order valence-electron chi connectivity index (χ1n) is 12.2. The second-order valence-electron chi connectivity index (χ2n) is 10.5. The van der Waals surface area contributed by atoms with Gasteiger partial charge in [0.1, 0.15) is 5.69 Å². The molecule has 4 rings (SSSR count). The molecule has 1 aromatic heterocycles. The molecule has 1 aliphatic carbocycles. The van der Waals surface area contributed by atoms with Gasteiger partial charge in [-0.2, -0.15) is 0 Å². The lowest BCUT2D eigenvalue weighted by Gasteiger charge is -2.38. The fraction of sp³-hybridized carbons (Fsp3) is 0.500. The Kier molecular flexibility index (Phi) is 7.50. The summed E-state index contributed by atoms with van der Waals surface area (Å²) in [7, 11) is -5.11. The van der Waals surface area contributed by atoms with Crippen molar-refractivity contribution >= 4 is 41.1 Å². The number of halogens is 2. The monoisotopic (exact) mass is 554 g/mol. The molecule has 2 heterocycles. The van der Waals surface area contributed by atoms with Crippen LogP contribution in [0.3, 0.4) is 0 Å². The number of alkyl halides is 2. The van der Waals surface area contributed by atoms with Gasteiger partial charge < -0.3 is 19.9 Å². The molecular weight excluding hydrogens is 522 g/mol. The van der Waals surface area contributed by atoms with Gasteiger partial charge in [-0.1, -0.05) is 13.1 Å². The molecule has 0 unspecified atom stereocenters.